The molecule has 0 aromatic heterocycles. The summed E-state index contributed by atoms with van der Waals surface area (Å²) in [4.78, 5) is 0. The Labute approximate surface area is 134 Å². The van der Waals surface area contributed by atoms with E-state index in [1.807, 2.05) is 0 Å². The van der Waals surface area contributed by atoms with Crippen LogP contribution in [0.4, 0.5) is 0 Å². The van der Waals surface area contributed by atoms with Crippen molar-refractivity contribution in [2.45, 2.75) is 36.8 Å². The molecule has 0 amide bonds. The van der Waals surface area contributed by atoms with Crippen molar-refractivity contribution < 1.29 is 0 Å². The van der Waals surface area contributed by atoms with E-state index in [9.17, 15) is 0 Å². The monoisotopic (exact) mass is 342 g/mol. The van der Waals surface area contributed by atoms with Gasteiger partial charge in [0.25, 0.3) is 0 Å². The van der Waals surface area contributed by atoms with Gasteiger partial charge in [0.15, 0.2) is 0 Å². The van der Waals surface area contributed by atoms with E-state index >= 15 is 0 Å². The maximum absolute atomic E-state index is 2.35. The Morgan fingerprint density at radius 1 is 0.762 bits per heavy atom. The molecule has 0 bridgehead atoms. The van der Waals surface area contributed by atoms with Crippen LogP contribution in [0.3, 0.4) is 0 Å². The number of hydrogen-bond donors (Lipinski definition) is 0. The summed E-state index contributed by atoms with van der Waals surface area (Å²) in [5.74, 6) is 0. The fourth-order valence-corrected chi connectivity index (χ4v) is 6.42. The fourth-order valence-electron chi connectivity index (χ4n) is 3.00. The molecule has 21 heavy (non-hydrogen) atoms. The molecular weight excluding hydrogens is 319 g/mol. The van der Waals surface area contributed by atoms with Crippen molar-refractivity contribution in [3.05, 3.63) is 82.4 Å². The van der Waals surface area contributed by atoms with Gasteiger partial charge in [-0.1, -0.05) is 0 Å². The van der Waals surface area contributed by atoms with Gasteiger partial charge in [-0.3, -0.25) is 0 Å². The predicted octanol–water partition coefficient (Wildman–Crippen LogP) is 5.10. The molecule has 0 radical (unpaired) electrons. The van der Waals surface area contributed by atoms with Crippen LogP contribution in [0.25, 0.3) is 0 Å². The molecule has 0 spiro atoms. The standard InChI is InChI=1S/C20H22Se/c1-15-9-11-19(12-10-15)20(18-7-5-4-6-8-18)13-16(2)17(3)14-21-20/h4-12H,13-14H2,1-3H3. The fraction of sp³-hybridized carbons (Fsp3) is 0.300. The summed E-state index contributed by atoms with van der Waals surface area (Å²) in [6.07, 6.45) is 1.17. The second-order valence-corrected chi connectivity index (χ2v) is 8.76. The molecule has 108 valence electrons. The van der Waals surface area contributed by atoms with Crippen molar-refractivity contribution in [1.82, 2.24) is 0 Å². The molecule has 1 atom stereocenters. The average Bonchev–Trinajstić information content (AvgIpc) is 2.52. The van der Waals surface area contributed by atoms with E-state index in [4.69, 9.17) is 0 Å². The molecule has 0 saturated heterocycles. The molecular formula is C20H22Se. The number of benzene rings is 2. The molecule has 1 aliphatic heterocycles. The van der Waals surface area contributed by atoms with E-state index in [1.165, 1.54) is 28.4 Å². The molecule has 0 N–H and O–H groups in total. The number of rotatable bonds is 2. The van der Waals surface area contributed by atoms with Crippen LogP contribution in [0.15, 0.2) is 65.7 Å². The average molecular weight is 341 g/mol. The van der Waals surface area contributed by atoms with Crippen LogP contribution in [0.5, 0.6) is 0 Å². The van der Waals surface area contributed by atoms with Gasteiger partial charge in [-0.05, 0) is 0 Å². The van der Waals surface area contributed by atoms with Gasteiger partial charge in [0.2, 0.25) is 0 Å². The first kappa shape index (κ1) is 14.6. The van der Waals surface area contributed by atoms with Crippen molar-refractivity contribution in [3.63, 3.8) is 0 Å². The van der Waals surface area contributed by atoms with Crippen molar-refractivity contribution in [2.24, 2.45) is 0 Å². The van der Waals surface area contributed by atoms with Gasteiger partial charge in [0, 0.05) is 0 Å². The van der Waals surface area contributed by atoms with E-state index in [0.717, 1.165) is 0 Å². The molecule has 0 aliphatic carbocycles. The Hall–Kier alpha value is -1.30. The van der Waals surface area contributed by atoms with Crippen LogP contribution in [0.1, 0.15) is 37.0 Å². The van der Waals surface area contributed by atoms with Gasteiger partial charge in [-0.15, -0.1) is 0 Å². The van der Waals surface area contributed by atoms with Gasteiger partial charge in [0.05, 0.1) is 0 Å². The van der Waals surface area contributed by atoms with E-state index in [-0.39, 0.29) is 4.31 Å². The Kier molecular flexibility index (Phi) is 4.06. The summed E-state index contributed by atoms with van der Waals surface area (Å²) >= 11 is 0.563. The molecule has 0 nitrogen and oxygen atoms in total. The third kappa shape index (κ3) is 2.73. The SMILES string of the molecule is CC1=C(C)CC(c2ccccc2)(c2ccc(C)cc2)[Se]C1. The first-order valence-electron chi connectivity index (χ1n) is 7.54. The first-order valence-corrected chi connectivity index (χ1v) is 9.60. The number of hydrogen-bond acceptors (Lipinski definition) is 0. The second kappa shape index (κ2) is 5.83. The normalized spacial score (nSPS) is 22.4. The molecule has 0 fully saturated rings. The zero-order chi connectivity index (χ0) is 14.9. The first-order chi connectivity index (χ1) is 10.1. The third-order valence-electron chi connectivity index (χ3n) is 4.54. The summed E-state index contributed by atoms with van der Waals surface area (Å²) in [6.45, 7) is 6.79. The Morgan fingerprint density at radius 3 is 2.00 bits per heavy atom. The zero-order valence-corrected chi connectivity index (χ0v) is 14.7. The van der Waals surface area contributed by atoms with Crippen molar-refractivity contribution in [3.8, 4) is 0 Å². The van der Waals surface area contributed by atoms with Crippen LogP contribution in [0.2, 0.25) is 5.32 Å². The van der Waals surface area contributed by atoms with E-state index in [1.54, 1.807) is 11.1 Å². The van der Waals surface area contributed by atoms with E-state index in [0.29, 0.717) is 15.0 Å². The minimum absolute atomic E-state index is 0.214. The van der Waals surface area contributed by atoms with Crippen LogP contribution >= 0.6 is 0 Å². The Morgan fingerprint density at radius 2 is 1.38 bits per heavy atom. The summed E-state index contributed by atoms with van der Waals surface area (Å²) in [6, 6.07) is 20.3. The molecule has 1 unspecified atom stereocenters. The number of allylic oxidation sites excluding steroid dienone is 2. The summed E-state index contributed by atoms with van der Waals surface area (Å²) < 4.78 is 0.214. The van der Waals surface area contributed by atoms with Crippen molar-refractivity contribution >= 4 is 15.0 Å². The van der Waals surface area contributed by atoms with Gasteiger partial charge in [-0.2, -0.15) is 0 Å². The molecule has 0 saturated carbocycles. The zero-order valence-electron chi connectivity index (χ0n) is 13.0. The van der Waals surface area contributed by atoms with E-state index in [2.05, 4.69) is 75.4 Å². The minimum atomic E-state index is 0.214. The molecule has 1 heteroatoms. The van der Waals surface area contributed by atoms with Crippen LogP contribution < -0.4 is 0 Å². The van der Waals surface area contributed by atoms with Crippen LogP contribution in [-0.2, 0) is 4.31 Å². The summed E-state index contributed by atoms with van der Waals surface area (Å²) in [5.41, 5.74) is 7.50. The molecule has 1 heterocycles. The van der Waals surface area contributed by atoms with Crippen LogP contribution in [0, 0.1) is 6.92 Å². The molecule has 1 aliphatic rings. The Bertz CT molecular complexity index is 652. The molecule has 2 aromatic rings. The summed E-state index contributed by atoms with van der Waals surface area (Å²) in [5, 5.41) is 1.27. The third-order valence-corrected chi connectivity index (χ3v) is 8.07. The maximum atomic E-state index is 2.35. The number of aryl methyl sites for hydroxylation is 1. The van der Waals surface area contributed by atoms with Gasteiger partial charge < -0.3 is 0 Å². The quantitative estimate of drug-likeness (QED) is 0.526. The summed E-state index contributed by atoms with van der Waals surface area (Å²) in [7, 11) is 0. The molecule has 3 rings (SSSR count). The predicted molar refractivity (Wildman–Crippen MR) is 92.0 cm³/mol. The Balaban J connectivity index is 2.14. The van der Waals surface area contributed by atoms with Crippen molar-refractivity contribution in [1.29, 1.82) is 0 Å². The second-order valence-electron chi connectivity index (χ2n) is 6.09. The van der Waals surface area contributed by atoms with Crippen molar-refractivity contribution in [2.75, 3.05) is 0 Å². The van der Waals surface area contributed by atoms with E-state index < -0.39 is 0 Å². The van der Waals surface area contributed by atoms with Gasteiger partial charge in [-0.25, -0.2) is 0 Å². The topological polar surface area (TPSA) is 0 Å². The van der Waals surface area contributed by atoms with Gasteiger partial charge in [0.1, 0.15) is 0 Å². The van der Waals surface area contributed by atoms with Gasteiger partial charge >= 0.3 is 134 Å². The van der Waals surface area contributed by atoms with Crippen LogP contribution in [-0.4, -0.2) is 15.0 Å². The molecule has 2 aromatic carbocycles.